The molecule has 2 amide bonds. The lowest BCUT2D eigenvalue weighted by molar-refractivity contribution is -0.384. The summed E-state index contributed by atoms with van der Waals surface area (Å²) >= 11 is 0. The largest absolute Gasteiger partial charge is 0.354 e. The van der Waals surface area contributed by atoms with Gasteiger partial charge >= 0.3 is 0 Å². The molecule has 0 spiro atoms. The van der Waals surface area contributed by atoms with E-state index >= 15 is 0 Å². The third kappa shape index (κ3) is 8.30. The Morgan fingerprint density at radius 2 is 1.49 bits per heavy atom. The van der Waals surface area contributed by atoms with Gasteiger partial charge in [-0.3, -0.25) is 24.0 Å². The zero-order chi connectivity index (χ0) is 32.4. The number of amides is 2. The number of nitrogens with zero attached hydrogens (tertiary/aromatic N) is 3. The van der Waals surface area contributed by atoms with Crippen LogP contribution in [0.1, 0.15) is 24.5 Å². The number of hydrogen-bond donors (Lipinski definition) is 1. The molecule has 45 heavy (non-hydrogen) atoms. The Morgan fingerprint density at radius 3 is 2.09 bits per heavy atom. The van der Waals surface area contributed by atoms with E-state index in [0.717, 1.165) is 22.0 Å². The molecule has 0 saturated heterocycles. The van der Waals surface area contributed by atoms with Crippen molar-refractivity contribution < 1.29 is 27.3 Å². The van der Waals surface area contributed by atoms with Gasteiger partial charge in [-0.15, -0.1) is 0 Å². The molecule has 0 heterocycles. The minimum atomic E-state index is -4.37. The summed E-state index contributed by atoms with van der Waals surface area (Å²) < 4.78 is 43.7. The fourth-order valence-corrected chi connectivity index (χ4v) is 6.15. The molecule has 0 unspecified atom stereocenters. The zero-order valence-corrected chi connectivity index (χ0v) is 25.4. The Morgan fingerprint density at radius 1 is 0.889 bits per heavy atom. The van der Waals surface area contributed by atoms with Crippen LogP contribution in [0.5, 0.6) is 0 Å². The molecule has 0 radical (unpaired) electrons. The van der Waals surface area contributed by atoms with Crippen molar-refractivity contribution in [2.75, 3.05) is 17.4 Å². The van der Waals surface area contributed by atoms with Gasteiger partial charge in [0.05, 0.1) is 15.5 Å². The average Bonchev–Trinajstić information content (AvgIpc) is 3.05. The molecule has 0 saturated carbocycles. The summed E-state index contributed by atoms with van der Waals surface area (Å²) in [5.41, 5.74) is 0.613. The molecule has 0 aliphatic heterocycles. The maximum atomic E-state index is 14.9. The van der Waals surface area contributed by atoms with E-state index in [-0.39, 0.29) is 34.8 Å². The number of nitro benzene ring substituents is 1. The summed E-state index contributed by atoms with van der Waals surface area (Å²) in [6, 6.07) is 25.9. The van der Waals surface area contributed by atoms with Gasteiger partial charge in [-0.05, 0) is 42.3 Å². The number of rotatable bonds is 14. The third-order valence-corrected chi connectivity index (χ3v) is 8.87. The van der Waals surface area contributed by atoms with Crippen molar-refractivity contribution in [1.29, 1.82) is 0 Å². The third-order valence-electron chi connectivity index (χ3n) is 7.08. The summed E-state index contributed by atoms with van der Waals surface area (Å²) in [4.78, 5) is 39.7. The molecule has 12 heteroatoms. The van der Waals surface area contributed by atoms with Gasteiger partial charge in [0.1, 0.15) is 18.4 Å². The molecule has 0 aliphatic rings. The topological polar surface area (TPSA) is 130 Å². The highest BCUT2D eigenvalue weighted by atomic mass is 32.2. The number of carbonyl (C=O) groups excluding carboxylic acids is 2. The van der Waals surface area contributed by atoms with Gasteiger partial charge in [0.15, 0.2) is 0 Å². The molecule has 4 aromatic carbocycles. The fraction of sp³-hybridized carbons (Fsp3) is 0.212. The van der Waals surface area contributed by atoms with E-state index in [9.17, 15) is 32.5 Å². The Hall–Kier alpha value is -5.10. The van der Waals surface area contributed by atoms with Gasteiger partial charge in [0.2, 0.25) is 11.8 Å². The summed E-state index contributed by atoms with van der Waals surface area (Å²) in [5.74, 6) is -1.84. The van der Waals surface area contributed by atoms with Crippen LogP contribution in [0.3, 0.4) is 0 Å². The summed E-state index contributed by atoms with van der Waals surface area (Å²) in [5, 5.41) is 14.1. The van der Waals surface area contributed by atoms with E-state index in [1.807, 2.05) is 13.0 Å². The van der Waals surface area contributed by atoms with Crippen molar-refractivity contribution in [1.82, 2.24) is 10.2 Å². The predicted octanol–water partition coefficient (Wildman–Crippen LogP) is 5.10. The number of nitro groups is 1. The van der Waals surface area contributed by atoms with Crippen molar-refractivity contribution in [3.05, 3.63) is 136 Å². The Kier molecular flexibility index (Phi) is 11.0. The first kappa shape index (κ1) is 32.8. The number of halogens is 1. The molecule has 1 atom stereocenters. The first-order valence-electron chi connectivity index (χ1n) is 14.3. The normalized spacial score (nSPS) is 11.8. The van der Waals surface area contributed by atoms with Crippen LogP contribution in [0.4, 0.5) is 15.8 Å². The van der Waals surface area contributed by atoms with E-state index in [2.05, 4.69) is 5.32 Å². The van der Waals surface area contributed by atoms with E-state index in [1.165, 1.54) is 59.5 Å². The average molecular weight is 633 g/mol. The van der Waals surface area contributed by atoms with Gasteiger partial charge in [0.25, 0.3) is 15.7 Å². The number of benzene rings is 4. The maximum Gasteiger partial charge on any atom is 0.269 e. The smallest absolute Gasteiger partial charge is 0.269 e. The Labute approximate surface area is 261 Å². The lowest BCUT2D eigenvalue weighted by atomic mass is 10.0. The quantitative estimate of drug-likeness (QED) is 0.152. The van der Waals surface area contributed by atoms with Gasteiger partial charge in [-0.25, -0.2) is 12.8 Å². The van der Waals surface area contributed by atoms with Crippen LogP contribution >= 0.6 is 0 Å². The van der Waals surface area contributed by atoms with Gasteiger partial charge < -0.3 is 10.2 Å². The summed E-state index contributed by atoms with van der Waals surface area (Å²) in [6.45, 7) is 1.13. The van der Waals surface area contributed by atoms with E-state index < -0.39 is 45.2 Å². The predicted molar refractivity (Wildman–Crippen MR) is 168 cm³/mol. The summed E-state index contributed by atoms with van der Waals surface area (Å²) in [7, 11) is -4.37. The van der Waals surface area contributed by atoms with E-state index in [1.54, 1.807) is 36.4 Å². The molecule has 0 aromatic heterocycles. The first-order valence-corrected chi connectivity index (χ1v) is 15.7. The number of hydrogen-bond acceptors (Lipinski definition) is 6. The maximum absolute atomic E-state index is 14.9. The number of anilines is 1. The molecule has 4 rings (SSSR count). The molecule has 234 valence electrons. The molecule has 0 bridgehead atoms. The minimum absolute atomic E-state index is 0.00121. The standard InChI is InChI=1S/C33H33FN4O6S/c1-2-21-35-33(40)31(22-25-11-5-3-6-12-25)36(23-26-13-9-10-16-30(26)34)32(39)24-37(27-17-19-28(20-18-27)38(41)42)45(43,44)29-14-7-4-8-15-29/h3-20,31H,2,21-24H2,1H3,(H,35,40)/t31-/m0/s1. The second-order valence-electron chi connectivity index (χ2n) is 10.2. The molecule has 10 nitrogen and oxygen atoms in total. The monoisotopic (exact) mass is 632 g/mol. The SMILES string of the molecule is CCCNC(=O)[C@H](Cc1ccccc1)N(Cc1ccccc1F)C(=O)CN(c1ccc([N+](=O)[O-])cc1)S(=O)(=O)c1ccccc1. The molecular formula is C33H33FN4O6S. The van der Waals surface area contributed by atoms with Gasteiger partial charge in [-0.2, -0.15) is 0 Å². The van der Waals surface area contributed by atoms with Crippen LogP contribution in [0, 0.1) is 15.9 Å². The van der Waals surface area contributed by atoms with E-state index in [0.29, 0.717) is 13.0 Å². The second-order valence-corrected chi connectivity index (χ2v) is 12.1. The number of carbonyl (C=O) groups is 2. The van der Waals surface area contributed by atoms with Crippen LogP contribution < -0.4 is 9.62 Å². The zero-order valence-electron chi connectivity index (χ0n) is 24.6. The fourth-order valence-electron chi connectivity index (χ4n) is 4.72. The highest BCUT2D eigenvalue weighted by Crippen LogP contribution is 2.27. The number of non-ortho nitro benzene ring substituents is 1. The summed E-state index contributed by atoms with van der Waals surface area (Å²) in [6.07, 6.45) is 0.716. The highest BCUT2D eigenvalue weighted by molar-refractivity contribution is 7.92. The number of sulfonamides is 1. The first-order chi connectivity index (χ1) is 21.6. The number of nitrogens with one attached hydrogen (secondary N) is 1. The molecule has 4 aromatic rings. The van der Waals surface area contributed by atoms with Gasteiger partial charge in [0, 0.05) is 37.2 Å². The Bertz CT molecular complexity index is 1720. The van der Waals surface area contributed by atoms with Crippen LogP contribution in [0.15, 0.2) is 114 Å². The Balaban J connectivity index is 1.81. The van der Waals surface area contributed by atoms with Crippen LogP contribution in [-0.4, -0.2) is 49.2 Å². The lowest BCUT2D eigenvalue weighted by Gasteiger charge is -2.34. The lowest BCUT2D eigenvalue weighted by Crippen LogP contribution is -2.53. The van der Waals surface area contributed by atoms with E-state index in [4.69, 9.17) is 0 Å². The minimum Gasteiger partial charge on any atom is -0.354 e. The van der Waals surface area contributed by atoms with Crippen molar-refractivity contribution in [3.8, 4) is 0 Å². The molecule has 0 aliphatic carbocycles. The van der Waals surface area contributed by atoms with Crippen LogP contribution in [0.2, 0.25) is 0 Å². The molecule has 0 fully saturated rings. The van der Waals surface area contributed by atoms with Crippen LogP contribution in [0.25, 0.3) is 0 Å². The van der Waals surface area contributed by atoms with Crippen molar-refractivity contribution >= 4 is 33.2 Å². The van der Waals surface area contributed by atoms with Gasteiger partial charge in [-0.1, -0.05) is 73.7 Å². The van der Waals surface area contributed by atoms with Crippen molar-refractivity contribution in [2.45, 2.75) is 37.2 Å². The second kappa shape index (κ2) is 15.1. The van der Waals surface area contributed by atoms with Crippen molar-refractivity contribution in [2.24, 2.45) is 0 Å². The molecular weight excluding hydrogens is 599 g/mol. The van der Waals surface area contributed by atoms with Crippen molar-refractivity contribution in [3.63, 3.8) is 0 Å². The van der Waals surface area contributed by atoms with Crippen LogP contribution in [-0.2, 0) is 32.6 Å². The highest BCUT2D eigenvalue weighted by Gasteiger charge is 2.35. The molecule has 1 N–H and O–H groups in total.